The summed E-state index contributed by atoms with van der Waals surface area (Å²) in [6.45, 7) is 5.57. The SMILES string of the molecule is CC(=O)O[C@@H]1[C@H](CC[C@H]2[C@H]3OC(C)(C)O[C@H]3CN2C(=O)C(F)(F)F)[C@@H](OC(C)=O)[C@@H]2OC[C@H]1O2. The van der Waals surface area contributed by atoms with Crippen LogP contribution in [0.15, 0.2) is 0 Å². The van der Waals surface area contributed by atoms with Gasteiger partial charge in [0.2, 0.25) is 0 Å². The fourth-order valence-electron chi connectivity index (χ4n) is 5.38. The number of halogens is 3. The van der Waals surface area contributed by atoms with Crippen molar-refractivity contribution in [3.8, 4) is 0 Å². The monoisotopic (exact) mass is 495 g/mol. The van der Waals surface area contributed by atoms with Crippen molar-refractivity contribution < 1.29 is 56.0 Å². The van der Waals surface area contributed by atoms with Gasteiger partial charge >= 0.3 is 24.0 Å². The predicted octanol–water partition coefficient (Wildman–Crippen LogP) is 1.29. The van der Waals surface area contributed by atoms with Crippen LogP contribution in [0.2, 0.25) is 0 Å². The fraction of sp³-hybridized carbons (Fsp3) is 0.857. The second kappa shape index (κ2) is 8.92. The van der Waals surface area contributed by atoms with E-state index in [-0.39, 0.29) is 26.0 Å². The summed E-state index contributed by atoms with van der Waals surface area (Å²) in [6.07, 6.45) is -9.62. The molecular formula is C21H28F3NO9. The van der Waals surface area contributed by atoms with Crippen molar-refractivity contribution in [3.63, 3.8) is 0 Å². The van der Waals surface area contributed by atoms with Crippen LogP contribution in [0, 0.1) is 5.92 Å². The van der Waals surface area contributed by atoms with Crippen LogP contribution in [0.4, 0.5) is 13.2 Å². The van der Waals surface area contributed by atoms with Gasteiger partial charge in [-0.05, 0) is 26.7 Å². The number of fused-ring (bicyclic) bond motifs is 3. The van der Waals surface area contributed by atoms with Gasteiger partial charge in [0.05, 0.1) is 19.2 Å². The molecule has 8 atom stereocenters. The summed E-state index contributed by atoms with van der Waals surface area (Å²) in [6, 6.07) is -0.946. The summed E-state index contributed by atoms with van der Waals surface area (Å²) in [5.41, 5.74) is 0. The number of amides is 1. The standard InChI is InChI=1S/C21H28F3NO9/c1-9(26)30-15-11(16(31-10(2)27)18-29-8-14(15)32-18)5-6-12-17-13(33-20(3,4)34-17)7-25(12)19(28)21(22,23)24/h11-18H,5-8H2,1-4H3/t11-,12-,13-,14+,15+,16+,17+,18+/m0/s1. The Labute approximate surface area is 193 Å². The highest BCUT2D eigenvalue weighted by molar-refractivity contribution is 5.82. The molecule has 0 N–H and O–H groups in total. The number of rotatable bonds is 5. The number of alkyl halides is 3. The number of carbonyl (C=O) groups is 3. The molecule has 4 aliphatic rings. The average Bonchev–Trinajstić information content (AvgIpc) is 3.34. The molecule has 4 fully saturated rings. The summed E-state index contributed by atoms with van der Waals surface area (Å²) < 4.78 is 73.6. The van der Waals surface area contributed by atoms with Crippen LogP contribution in [0.1, 0.15) is 40.5 Å². The van der Waals surface area contributed by atoms with Crippen molar-refractivity contribution >= 4 is 17.8 Å². The molecule has 1 amide bonds. The van der Waals surface area contributed by atoms with E-state index in [2.05, 4.69) is 0 Å². The van der Waals surface area contributed by atoms with E-state index >= 15 is 0 Å². The molecule has 0 saturated carbocycles. The lowest BCUT2D eigenvalue weighted by atomic mass is 9.84. The Kier molecular flexibility index (Phi) is 6.60. The van der Waals surface area contributed by atoms with Crippen LogP contribution in [0.3, 0.4) is 0 Å². The second-order valence-electron chi connectivity index (χ2n) is 9.43. The molecule has 0 aromatic carbocycles. The highest BCUT2D eigenvalue weighted by atomic mass is 19.4. The topological polar surface area (TPSA) is 110 Å². The van der Waals surface area contributed by atoms with E-state index < -0.39 is 78.6 Å². The van der Waals surface area contributed by atoms with Gasteiger partial charge in [-0.3, -0.25) is 14.4 Å². The Morgan fingerprint density at radius 3 is 2.26 bits per heavy atom. The van der Waals surface area contributed by atoms with Crippen molar-refractivity contribution in [3.05, 3.63) is 0 Å². The van der Waals surface area contributed by atoms with Gasteiger partial charge in [-0.2, -0.15) is 13.2 Å². The molecular weight excluding hydrogens is 467 g/mol. The second-order valence-corrected chi connectivity index (χ2v) is 9.43. The van der Waals surface area contributed by atoms with Crippen molar-refractivity contribution in [2.75, 3.05) is 13.2 Å². The van der Waals surface area contributed by atoms with Crippen LogP contribution in [0.25, 0.3) is 0 Å². The van der Waals surface area contributed by atoms with Gasteiger partial charge in [-0.25, -0.2) is 0 Å². The number of likely N-dealkylation sites (tertiary alicyclic amines) is 1. The molecule has 10 nitrogen and oxygen atoms in total. The maximum Gasteiger partial charge on any atom is 0.471 e. The summed E-state index contributed by atoms with van der Waals surface area (Å²) in [7, 11) is 0. The lowest BCUT2D eigenvalue weighted by Crippen LogP contribution is -2.54. The number of esters is 2. The molecule has 0 aromatic heterocycles. The first kappa shape index (κ1) is 25.1. The van der Waals surface area contributed by atoms with E-state index in [9.17, 15) is 27.6 Å². The van der Waals surface area contributed by atoms with E-state index in [0.29, 0.717) is 0 Å². The van der Waals surface area contributed by atoms with Crippen LogP contribution in [0.5, 0.6) is 0 Å². The normalized spacial score (nSPS) is 38.5. The molecule has 4 saturated heterocycles. The van der Waals surface area contributed by atoms with Crippen LogP contribution < -0.4 is 0 Å². The first-order valence-corrected chi connectivity index (χ1v) is 11.1. The Morgan fingerprint density at radius 2 is 1.65 bits per heavy atom. The van der Waals surface area contributed by atoms with Gasteiger partial charge < -0.3 is 33.3 Å². The molecule has 0 spiro atoms. The van der Waals surface area contributed by atoms with Crippen molar-refractivity contribution in [1.82, 2.24) is 4.90 Å². The minimum Gasteiger partial charge on any atom is -0.459 e. The molecule has 0 aromatic rings. The molecule has 13 heteroatoms. The zero-order valence-electron chi connectivity index (χ0n) is 19.2. The molecule has 4 aliphatic heterocycles. The molecule has 0 unspecified atom stereocenters. The first-order chi connectivity index (χ1) is 15.8. The lowest BCUT2D eigenvalue weighted by molar-refractivity contribution is -0.231. The number of carbonyl (C=O) groups excluding carboxylic acids is 3. The zero-order chi connectivity index (χ0) is 25.0. The summed E-state index contributed by atoms with van der Waals surface area (Å²) in [5.74, 6) is -4.81. The highest BCUT2D eigenvalue weighted by Crippen LogP contribution is 2.43. The van der Waals surface area contributed by atoms with Gasteiger partial charge in [0, 0.05) is 19.8 Å². The van der Waals surface area contributed by atoms with E-state index in [1.807, 2.05) is 0 Å². The first-order valence-electron chi connectivity index (χ1n) is 11.1. The summed E-state index contributed by atoms with van der Waals surface area (Å²) in [5, 5.41) is 0. The van der Waals surface area contributed by atoms with Gasteiger partial charge in [0.1, 0.15) is 24.4 Å². The Bertz CT molecular complexity index is 805. The van der Waals surface area contributed by atoms with Gasteiger partial charge in [0.25, 0.3) is 0 Å². The maximum atomic E-state index is 13.3. The van der Waals surface area contributed by atoms with E-state index in [1.54, 1.807) is 13.8 Å². The molecule has 0 radical (unpaired) electrons. The average molecular weight is 495 g/mol. The molecule has 34 heavy (non-hydrogen) atoms. The smallest absolute Gasteiger partial charge is 0.459 e. The minimum absolute atomic E-state index is 0.0576. The third kappa shape index (κ3) is 4.88. The maximum absolute atomic E-state index is 13.3. The van der Waals surface area contributed by atoms with Crippen molar-refractivity contribution in [2.24, 2.45) is 5.92 Å². The third-order valence-corrected chi connectivity index (χ3v) is 6.49. The predicted molar refractivity (Wildman–Crippen MR) is 104 cm³/mol. The molecule has 2 bridgehead atoms. The third-order valence-electron chi connectivity index (χ3n) is 6.49. The highest BCUT2D eigenvalue weighted by Gasteiger charge is 2.59. The van der Waals surface area contributed by atoms with Gasteiger partial charge in [-0.1, -0.05) is 0 Å². The molecule has 4 rings (SSSR count). The Morgan fingerprint density at radius 1 is 1.00 bits per heavy atom. The van der Waals surface area contributed by atoms with Crippen molar-refractivity contribution in [2.45, 2.75) is 95.4 Å². The van der Waals surface area contributed by atoms with Crippen LogP contribution >= 0.6 is 0 Å². The van der Waals surface area contributed by atoms with Gasteiger partial charge in [-0.15, -0.1) is 0 Å². The quantitative estimate of drug-likeness (QED) is 0.521. The van der Waals surface area contributed by atoms with Crippen molar-refractivity contribution in [1.29, 1.82) is 0 Å². The van der Waals surface area contributed by atoms with E-state index in [0.717, 1.165) is 4.90 Å². The molecule has 0 aliphatic carbocycles. The molecule has 4 heterocycles. The van der Waals surface area contributed by atoms with Crippen LogP contribution in [-0.2, 0) is 42.8 Å². The van der Waals surface area contributed by atoms with Gasteiger partial charge in [0.15, 0.2) is 18.2 Å². The number of ether oxygens (including phenoxy) is 6. The summed E-state index contributed by atoms with van der Waals surface area (Å²) in [4.78, 5) is 36.4. The lowest BCUT2D eigenvalue weighted by Gasteiger charge is -2.40. The van der Waals surface area contributed by atoms with E-state index in [4.69, 9.17) is 28.4 Å². The van der Waals surface area contributed by atoms with Crippen LogP contribution in [-0.4, -0.2) is 90.7 Å². The Hall–Kier alpha value is -1.96. The number of nitrogens with zero attached hydrogens (tertiary/aromatic N) is 1. The molecule has 192 valence electrons. The number of hydrogen-bond donors (Lipinski definition) is 0. The number of hydrogen-bond acceptors (Lipinski definition) is 9. The largest absolute Gasteiger partial charge is 0.471 e. The summed E-state index contributed by atoms with van der Waals surface area (Å²) >= 11 is 0. The minimum atomic E-state index is -5.06. The zero-order valence-corrected chi connectivity index (χ0v) is 19.2. The Balaban J connectivity index is 1.58. The van der Waals surface area contributed by atoms with E-state index in [1.165, 1.54) is 13.8 Å². The fourth-order valence-corrected chi connectivity index (χ4v) is 5.38.